The fourth-order valence-electron chi connectivity index (χ4n) is 2.88. The van der Waals surface area contributed by atoms with Gasteiger partial charge in [0.2, 0.25) is 0 Å². The second-order valence-electron chi connectivity index (χ2n) is 5.23. The van der Waals surface area contributed by atoms with Crippen molar-refractivity contribution in [2.75, 3.05) is 0 Å². The SMILES string of the molecule is CC1Cc2nc3cc(F)c(Br)cc3c(C(=O)O)c2C(C)O1. The summed E-state index contributed by atoms with van der Waals surface area (Å²) in [4.78, 5) is 16.2. The zero-order chi connectivity index (χ0) is 15.3. The van der Waals surface area contributed by atoms with E-state index in [-0.39, 0.29) is 22.2 Å². The molecule has 2 heterocycles. The number of halogens is 2. The average molecular weight is 354 g/mol. The minimum Gasteiger partial charge on any atom is -0.478 e. The van der Waals surface area contributed by atoms with E-state index in [1.807, 2.05) is 13.8 Å². The zero-order valence-corrected chi connectivity index (χ0v) is 13.1. The number of carboxylic acids is 1. The third-order valence-electron chi connectivity index (χ3n) is 3.68. The molecule has 0 radical (unpaired) electrons. The first-order chi connectivity index (χ1) is 9.88. The molecule has 6 heteroatoms. The van der Waals surface area contributed by atoms with Gasteiger partial charge in [0, 0.05) is 23.4 Å². The molecule has 2 aromatic rings. The summed E-state index contributed by atoms with van der Waals surface area (Å²) in [6.45, 7) is 3.72. The van der Waals surface area contributed by atoms with Crippen molar-refractivity contribution in [2.45, 2.75) is 32.5 Å². The van der Waals surface area contributed by atoms with E-state index < -0.39 is 11.8 Å². The maximum Gasteiger partial charge on any atom is 0.336 e. The van der Waals surface area contributed by atoms with Crippen LogP contribution in [-0.2, 0) is 11.2 Å². The van der Waals surface area contributed by atoms with Gasteiger partial charge in [-0.25, -0.2) is 9.18 Å². The molecule has 110 valence electrons. The van der Waals surface area contributed by atoms with Crippen LogP contribution in [0.5, 0.6) is 0 Å². The average Bonchev–Trinajstić information content (AvgIpc) is 2.37. The van der Waals surface area contributed by atoms with E-state index in [1.165, 1.54) is 12.1 Å². The van der Waals surface area contributed by atoms with Crippen molar-refractivity contribution in [2.24, 2.45) is 0 Å². The van der Waals surface area contributed by atoms with Crippen LogP contribution in [0.1, 0.15) is 41.6 Å². The normalized spacial score (nSPS) is 21.3. The molecule has 0 saturated carbocycles. The molecule has 0 amide bonds. The summed E-state index contributed by atoms with van der Waals surface area (Å²) in [6, 6.07) is 2.73. The molecule has 1 aliphatic rings. The van der Waals surface area contributed by atoms with Crippen LogP contribution in [0.2, 0.25) is 0 Å². The van der Waals surface area contributed by atoms with Gasteiger partial charge >= 0.3 is 5.97 Å². The Morgan fingerprint density at radius 1 is 1.48 bits per heavy atom. The predicted octanol–water partition coefficient (Wildman–Crippen LogP) is 3.86. The molecule has 1 N–H and O–H groups in total. The van der Waals surface area contributed by atoms with Gasteiger partial charge < -0.3 is 9.84 Å². The Morgan fingerprint density at radius 2 is 2.19 bits per heavy atom. The first-order valence-electron chi connectivity index (χ1n) is 6.58. The minimum absolute atomic E-state index is 0.0422. The Labute approximate surface area is 129 Å². The summed E-state index contributed by atoms with van der Waals surface area (Å²) in [5.41, 5.74) is 1.77. The van der Waals surface area contributed by atoms with Gasteiger partial charge in [0.15, 0.2) is 0 Å². The van der Waals surface area contributed by atoms with Crippen molar-refractivity contribution in [1.82, 2.24) is 4.98 Å². The van der Waals surface area contributed by atoms with Gasteiger partial charge in [-0.05, 0) is 35.8 Å². The fourth-order valence-corrected chi connectivity index (χ4v) is 3.23. The lowest BCUT2D eigenvalue weighted by Gasteiger charge is -2.29. The van der Waals surface area contributed by atoms with Crippen molar-refractivity contribution in [3.05, 3.63) is 39.2 Å². The lowest BCUT2D eigenvalue weighted by molar-refractivity contribution is -0.00661. The van der Waals surface area contributed by atoms with Gasteiger partial charge in [0.1, 0.15) is 5.82 Å². The number of carboxylic acid groups (broad SMARTS) is 1. The molecule has 2 unspecified atom stereocenters. The van der Waals surface area contributed by atoms with Crippen molar-refractivity contribution >= 4 is 32.8 Å². The predicted molar refractivity (Wildman–Crippen MR) is 79.0 cm³/mol. The molecule has 0 bridgehead atoms. The number of hydrogen-bond donors (Lipinski definition) is 1. The zero-order valence-electron chi connectivity index (χ0n) is 11.5. The van der Waals surface area contributed by atoms with Crippen molar-refractivity contribution in [3.63, 3.8) is 0 Å². The monoisotopic (exact) mass is 353 g/mol. The Kier molecular flexibility index (Phi) is 3.45. The summed E-state index contributed by atoms with van der Waals surface area (Å²) >= 11 is 3.09. The number of hydrogen-bond acceptors (Lipinski definition) is 3. The van der Waals surface area contributed by atoms with E-state index in [4.69, 9.17) is 4.74 Å². The summed E-state index contributed by atoms with van der Waals surface area (Å²) in [5.74, 6) is -1.51. The molecule has 0 aliphatic carbocycles. The molecular formula is C15H13BrFNO3. The number of rotatable bonds is 1. The number of pyridine rings is 1. The molecule has 1 aliphatic heterocycles. The van der Waals surface area contributed by atoms with Gasteiger partial charge in [-0.15, -0.1) is 0 Å². The number of aromatic nitrogens is 1. The third-order valence-corrected chi connectivity index (χ3v) is 4.29. The van der Waals surface area contributed by atoms with Crippen LogP contribution >= 0.6 is 15.9 Å². The van der Waals surface area contributed by atoms with Crippen LogP contribution in [-0.4, -0.2) is 22.2 Å². The number of fused-ring (bicyclic) bond motifs is 2. The third kappa shape index (κ3) is 2.32. The van der Waals surface area contributed by atoms with Crippen LogP contribution in [0.25, 0.3) is 10.9 Å². The topological polar surface area (TPSA) is 59.4 Å². The van der Waals surface area contributed by atoms with Crippen LogP contribution in [0.15, 0.2) is 16.6 Å². The van der Waals surface area contributed by atoms with E-state index >= 15 is 0 Å². The molecule has 4 nitrogen and oxygen atoms in total. The Bertz CT molecular complexity index is 762. The molecule has 0 spiro atoms. The first kappa shape index (κ1) is 14.4. The highest BCUT2D eigenvalue weighted by molar-refractivity contribution is 9.10. The fraction of sp³-hybridized carbons (Fsp3) is 0.333. The molecule has 0 fully saturated rings. The molecule has 21 heavy (non-hydrogen) atoms. The summed E-state index contributed by atoms with van der Waals surface area (Å²) in [7, 11) is 0. The molecular weight excluding hydrogens is 341 g/mol. The summed E-state index contributed by atoms with van der Waals surface area (Å²) < 4.78 is 19.6. The summed E-state index contributed by atoms with van der Waals surface area (Å²) in [5, 5.41) is 10.0. The molecule has 0 saturated heterocycles. The van der Waals surface area contributed by atoms with Crippen molar-refractivity contribution in [3.8, 4) is 0 Å². The summed E-state index contributed by atoms with van der Waals surface area (Å²) in [6.07, 6.45) is 0.128. The van der Waals surface area contributed by atoms with Crippen LogP contribution in [0.4, 0.5) is 4.39 Å². The Hall–Kier alpha value is -1.53. The maximum absolute atomic E-state index is 13.7. The second kappa shape index (κ2) is 5.03. The van der Waals surface area contributed by atoms with E-state index in [1.54, 1.807) is 0 Å². The first-order valence-corrected chi connectivity index (χ1v) is 7.38. The minimum atomic E-state index is -1.05. The Morgan fingerprint density at radius 3 is 2.86 bits per heavy atom. The lowest BCUT2D eigenvalue weighted by atomic mass is 9.92. The number of aromatic carboxylic acids is 1. The highest BCUT2D eigenvalue weighted by Crippen LogP contribution is 2.36. The smallest absolute Gasteiger partial charge is 0.336 e. The molecule has 2 atom stereocenters. The van der Waals surface area contributed by atoms with E-state index in [2.05, 4.69) is 20.9 Å². The van der Waals surface area contributed by atoms with Crippen LogP contribution in [0.3, 0.4) is 0 Å². The van der Waals surface area contributed by atoms with Crippen LogP contribution < -0.4 is 0 Å². The van der Waals surface area contributed by atoms with Gasteiger partial charge in [-0.2, -0.15) is 0 Å². The quantitative estimate of drug-likeness (QED) is 0.845. The number of ether oxygens (including phenoxy) is 1. The number of benzene rings is 1. The van der Waals surface area contributed by atoms with Crippen LogP contribution in [0, 0.1) is 5.82 Å². The second-order valence-corrected chi connectivity index (χ2v) is 6.08. The van der Waals surface area contributed by atoms with Crippen molar-refractivity contribution in [1.29, 1.82) is 0 Å². The largest absolute Gasteiger partial charge is 0.478 e. The highest BCUT2D eigenvalue weighted by atomic mass is 79.9. The Balaban J connectivity index is 2.42. The maximum atomic E-state index is 13.7. The van der Waals surface area contributed by atoms with E-state index in [9.17, 15) is 14.3 Å². The van der Waals surface area contributed by atoms with Gasteiger partial charge in [-0.3, -0.25) is 4.98 Å². The number of carbonyl (C=O) groups is 1. The van der Waals surface area contributed by atoms with Gasteiger partial charge in [0.05, 0.1) is 33.5 Å². The highest BCUT2D eigenvalue weighted by Gasteiger charge is 2.30. The number of nitrogens with zero attached hydrogens (tertiary/aromatic N) is 1. The van der Waals surface area contributed by atoms with Gasteiger partial charge in [-0.1, -0.05) is 0 Å². The standard InChI is InChI=1S/C15H13BrFNO3/c1-6-3-12-13(7(2)21-6)14(15(19)20)8-4-9(16)10(17)5-11(8)18-12/h4-7H,3H2,1-2H3,(H,19,20). The van der Waals surface area contributed by atoms with E-state index in [0.29, 0.717) is 28.6 Å². The lowest BCUT2D eigenvalue weighted by Crippen LogP contribution is -2.26. The van der Waals surface area contributed by atoms with E-state index in [0.717, 1.165) is 0 Å². The molecule has 3 rings (SSSR count). The van der Waals surface area contributed by atoms with Gasteiger partial charge in [0.25, 0.3) is 0 Å². The van der Waals surface area contributed by atoms with Crippen molar-refractivity contribution < 1.29 is 19.0 Å². The molecule has 1 aromatic carbocycles. The molecule has 1 aromatic heterocycles.